The highest BCUT2D eigenvalue weighted by atomic mass is 16.5. The minimum atomic E-state index is 0.658. The highest BCUT2D eigenvalue weighted by molar-refractivity contribution is 5.35. The van der Waals surface area contributed by atoms with Gasteiger partial charge in [-0.15, -0.1) is 0 Å². The van der Waals surface area contributed by atoms with Gasteiger partial charge < -0.3 is 9.30 Å². The molecular formula is C14H18N2O. The molecule has 0 atom stereocenters. The Bertz CT molecular complexity index is 529. The van der Waals surface area contributed by atoms with Gasteiger partial charge in [0.2, 0.25) is 0 Å². The van der Waals surface area contributed by atoms with E-state index in [0.717, 1.165) is 12.1 Å². The maximum absolute atomic E-state index is 5.17. The van der Waals surface area contributed by atoms with E-state index in [1.54, 1.807) is 7.11 Å². The molecule has 2 rings (SSSR count). The Morgan fingerprint density at radius 3 is 2.71 bits per heavy atom. The van der Waals surface area contributed by atoms with Crippen molar-refractivity contribution in [1.29, 1.82) is 0 Å². The van der Waals surface area contributed by atoms with E-state index in [9.17, 15) is 0 Å². The second-order valence-electron chi connectivity index (χ2n) is 4.37. The topological polar surface area (TPSA) is 27.1 Å². The second-order valence-corrected chi connectivity index (χ2v) is 4.37. The van der Waals surface area contributed by atoms with Crippen molar-refractivity contribution in [1.82, 2.24) is 9.55 Å². The van der Waals surface area contributed by atoms with Crippen LogP contribution in [0.15, 0.2) is 24.4 Å². The van der Waals surface area contributed by atoms with Gasteiger partial charge in [0, 0.05) is 19.7 Å². The molecule has 90 valence electrons. The summed E-state index contributed by atoms with van der Waals surface area (Å²) in [4.78, 5) is 4.44. The van der Waals surface area contributed by atoms with Gasteiger partial charge in [0.05, 0.1) is 12.8 Å². The third-order valence-electron chi connectivity index (χ3n) is 3.15. The first-order chi connectivity index (χ1) is 8.11. The fraction of sp³-hybridized carbons (Fsp3) is 0.357. The number of imidazole rings is 1. The number of hydrogen-bond donors (Lipinski definition) is 0. The molecule has 3 heteroatoms. The van der Waals surface area contributed by atoms with Crippen molar-refractivity contribution in [2.75, 3.05) is 7.11 Å². The number of aromatic nitrogens is 2. The Balaban J connectivity index is 2.28. The van der Waals surface area contributed by atoms with Gasteiger partial charge in [-0.1, -0.05) is 18.2 Å². The minimum Gasteiger partial charge on any atom is -0.468 e. The van der Waals surface area contributed by atoms with Crippen LogP contribution in [0.3, 0.4) is 0 Å². The van der Waals surface area contributed by atoms with E-state index < -0.39 is 0 Å². The van der Waals surface area contributed by atoms with Gasteiger partial charge >= 0.3 is 0 Å². The van der Waals surface area contributed by atoms with Crippen LogP contribution in [0.5, 0.6) is 6.01 Å². The molecule has 1 aromatic heterocycles. The van der Waals surface area contributed by atoms with Crippen molar-refractivity contribution in [3.63, 3.8) is 0 Å². The summed E-state index contributed by atoms with van der Waals surface area (Å²) in [6, 6.07) is 7.05. The lowest BCUT2D eigenvalue weighted by atomic mass is 10.0. The maximum atomic E-state index is 5.17. The van der Waals surface area contributed by atoms with Crippen LogP contribution in [0.1, 0.15) is 22.4 Å². The predicted molar refractivity (Wildman–Crippen MR) is 68.5 cm³/mol. The predicted octanol–water partition coefficient (Wildman–Crippen LogP) is 2.64. The van der Waals surface area contributed by atoms with Crippen LogP contribution in [-0.4, -0.2) is 16.7 Å². The van der Waals surface area contributed by atoms with Gasteiger partial charge in [-0.3, -0.25) is 0 Å². The summed E-state index contributed by atoms with van der Waals surface area (Å²) >= 11 is 0. The van der Waals surface area contributed by atoms with E-state index in [1.807, 2.05) is 17.8 Å². The van der Waals surface area contributed by atoms with Crippen LogP contribution in [0, 0.1) is 13.8 Å². The summed E-state index contributed by atoms with van der Waals surface area (Å²) in [5.74, 6) is 0. The molecule has 0 aliphatic carbocycles. The van der Waals surface area contributed by atoms with Crippen LogP contribution in [0.25, 0.3) is 0 Å². The van der Waals surface area contributed by atoms with Crippen LogP contribution < -0.4 is 4.74 Å². The zero-order valence-electron chi connectivity index (χ0n) is 10.8. The summed E-state index contributed by atoms with van der Waals surface area (Å²) in [5.41, 5.74) is 5.03. The molecule has 1 aromatic carbocycles. The highest BCUT2D eigenvalue weighted by Crippen LogP contribution is 2.18. The fourth-order valence-electron chi connectivity index (χ4n) is 1.98. The number of methoxy groups -OCH3 is 1. The van der Waals surface area contributed by atoms with Gasteiger partial charge in [-0.05, 0) is 30.5 Å². The third-order valence-corrected chi connectivity index (χ3v) is 3.15. The first-order valence-corrected chi connectivity index (χ1v) is 5.73. The number of rotatable bonds is 3. The van der Waals surface area contributed by atoms with Crippen molar-refractivity contribution in [2.24, 2.45) is 7.05 Å². The summed E-state index contributed by atoms with van der Waals surface area (Å²) in [6.45, 7) is 4.29. The molecule has 0 saturated carbocycles. The molecule has 1 heterocycles. The lowest BCUT2D eigenvalue weighted by Gasteiger charge is -2.06. The zero-order chi connectivity index (χ0) is 12.4. The van der Waals surface area contributed by atoms with Crippen LogP contribution in [0.4, 0.5) is 0 Å². The van der Waals surface area contributed by atoms with E-state index in [1.165, 1.54) is 16.7 Å². The number of hydrogen-bond acceptors (Lipinski definition) is 2. The molecule has 0 bridgehead atoms. The maximum Gasteiger partial charge on any atom is 0.295 e. The summed E-state index contributed by atoms with van der Waals surface area (Å²) in [5, 5.41) is 0. The monoisotopic (exact) mass is 230 g/mol. The molecule has 0 fully saturated rings. The molecule has 0 spiro atoms. The second kappa shape index (κ2) is 4.62. The van der Waals surface area contributed by atoms with Crippen molar-refractivity contribution < 1.29 is 4.74 Å². The van der Waals surface area contributed by atoms with Gasteiger partial charge in [0.15, 0.2) is 0 Å². The normalized spacial score (nSPS) is 10.6. The number of ether oxygens (including phenoxy) is 1. The van der Waals surface area contributed by atoms with Crippen LogP contribution in [0.2, 0.25) is 0 Å². The SMILES string of the molecule is COc1nc(Cc2cccc(C)c2C)cn1C. The summed E-state index contributed by atoms with van der Waals surface area (Å²) < 4.78 is 7.07. The summed E-state index contributed by atoms with van der Waals surface area (Å²) in [7, 11) is 3.59. The van der Waals surface area contributed by atoms with Gasteiger partial charge in [0.25, 0.3) is 6.01 Å². The standard InChI is InChI=1S/C14H18N2O/c1-10-6-5-7-12(11(10)2)8-13-9-16(3)14(15-13)17-4/h5-7,9H,8H2,1-4H3. The minimum absolute atomic E-state index is 0.658. The van der Waals surface area contributed by atoms with E-state index in [4.69, 9.17) is 4.74 Å². The molecule has 0 amide bonds. The van der Waals surface area contributed by atoms with E-state index >= 15 is 0 Å². The number of benzene rings is 1. The number of aryl methyl sites for hydroxylation is 2. The largest absolute Gasteiger partial charge is 0.468 e. The summed E-state index contributed by atoms with van der Waals surface area (Å²) in [6.07, 6.45) is 2.87. The van der Waals surface area contributed by atoms with Crippen molar-refractivity contribution >= 4 is 0 Å². The molecular weight excluding hydrogens is 212 g/mol. The molecule has 2 aromatic rings. The van der Waals surface area contributed by atoms with Crippen LogP contribution in [-0.2, 0) is 13.5 Å². The lowest BCUT2D eigenvalue weighted by Crippen LogP contribution is -1.94. The lowest BCUT2D eigenvalue weighted by molar-refractivity contribution is 0.366. The Hall–Kier alpha value is -1.77. The highest BCUT2D eigenvalue weighted by Gasteiger charge is 2.08. The van der Waals surface area contributed by atoms with E-state index in [0.29, 0.717) is 6.01 Å². The van der Waals surface area contributed by atoms with Gasteiger partial charge in [-0.25, -0.2) is 0 Å². The Labute approximate surface area is 102 Å². The van der Waals surface area contributed by atoms with Gasteiger partial charge in [-0.2, -0.15) is 4.98 Å². The number of nitrogens with zero attached hydrogens (tertiary/aromatic N) is 2. The molecule has 0 aliphatic rings. The van der Waals surface area contributed by atoms with E-state index in [2.05, 4.69) is 37.0 Å². The average molecular weight is 230 g/mol. The molecule has 0 saturated heterocycles. The Kier molecular flexibility index (Phi) is 3.18. The molecule has 17 heavy (non-hydrogen) atoms. The van der Waals surface area contributed by atoms with Crippen molar-refractivity contribution in [3.05, 3.63) is 46.8 Å². The van der Waals surface area contributed by atoms with Crippen molar-refractivity contribution in [3.8, 4) is 6.01 Å². The molecule has 3 nitrogen and oxygen atoms in total. The molecule has 0 unspecified atom stereocenters. The Morgan fingerprint density at radius 2 is 2.06 bits per heavy atom. The first-order valence-electron chi connectivity index (χ1n) is 5.73. The Morgan fingerprint density at radius 1 is 1.29 bits per heavy atom. The fourth-order valence-corrected chi connectivity index (χ4v) is 1.98. The van der Waals surface area contributed by atoms with Crippen molar-refractivity contribution in [2.45, 2.75) is 20.3 Å². The average Bonchev–Trinajstić information content (AvgIpc) is 2.65. The quantitative estimate of drug-likeness (QED) is 0.810. The van der Waals surface area contributed by atoms with E-state index in [-0.39, 0.29) is 0 Å². The zero-order valence-corrected chi connectivity index (χ0v) is 10.8. The van der Waals surface area contributed by atoms with Crippen LogP contribution >= 0.6 is 0 Å². The molecule has 0 radical (unpaired) electrons. The smallest absolute Gasteiger partial charge is 0.295 e. The molecule has 0 aliphatic heterocycles. The third kappa shape index (κ3) is 2.33. The van der Waals surface area contributed by atoms with Gasteiger partial charge in [0.1, 0.15) is 0 Å². The molecule has 0 N–H and O–H groups in total. The first kappa shape index (κ1) is 11.7.